The van der Waals surface area contributed by atoms with Crippen LogP contribution in [0.5, 0.6) is 11.5 Å². The molecule has 0 aromatic heterocycles. The molecule has 0 radical (unpaired) electrons. The monoisotopic (exact) mass is 430 g/mol. The first-order valence-electron chi connectivity index (χ1n) is 10.2. The van der Waals surface area contributed by atoms with E-state index in [2.05, 4.69) is 17.6 Å². The first-order valence-corrected chi connectivity index (χ1v) is 10.6. The van der Waals surface area contributed by atoms with Crippen LogP contribution in [0, 0.1) is 0 Å². The van der Waals surface area contributed by atoms with Crippen molar-refractivity contribution >= 4 is 28.9 Å². The first kappa shape index (κ1) is 23.6. The molecule has 0 atom stereocenters. The second-order valence-corrected chi connectivity index (χ2v) is 7.12. The Kier molecular flexibility index (Phi) is 10.7. The average molecular weight is 431 g/mol. The summed E-state index contributed by atoms with van der Waals surface area (Å²) in [6, 6.07) is 14.4. The molecule has 162 valence electrons. The average Bonchev–Trinajstić information content (AvgIpc) is 2.74. The highest BCUT2D eigenvalue weighted by Crippen LogP contribution is 2.17. The lowest BCUT2D eigenvalue weighted by Gasteiger charge is -2.12. The molecule has 0 unspecified atom stereocenters. The van der Waals surface area contributed by atoms with Crippen LogP contribution in [-0.4, -0.2) is 38.0 Å². The van der Waals surface area contributed by atoms with Crippen LogP contribution in [0.25, 0.3) is 0 Å². The van der Waals surface area contributed by atoms with Gasteiger partial charge in [-0.2, -0.15) is 0 Å². The zero-order chi connectivity index (χ0) is 21.6. The molecule has 0 aliphatic carbocycles. The molecule has 0 aliphatic rings. The van der Waals surface area contributed by atoms with Crippen LogP contribution in [0.3, 0.4) is 0 Å². The summed E-state index contributed by atoms with van der Waals surface area (Å²) in [6.07, 6.45) is 4.63. The molecule has 7 heteroatoms. The van der Waals surface area contributed by atoms with Crippen molar-refractivity contribution in [3.63, 3.8) is 0 Å². The van der Waals surface area contributed by atoms with Crippen molar-refractivity contribution < 1.29 is 19.0 Å². The fraction of sp³-hybridized carbons (Fsp3) is 0.391. The number of carbonyl (C=O) groups is 1. The van der Waals surface area contributed by atoms with Crippen molar-refractivity contribution in [1.82, 2.24) is 5.32 Å². The number of rotatable bonds is 12. The van der Waals surface area contributed by atoms with Gasteiger partial charge in [-0.25, -0.2) is 0 Å². The molecular weight excluding hydrogens is 400 g/mol. The molecule has 0 spiro atoms. The Morgan fingerprint density at radius 1 is 0.933 bits per heavy atom. The molecule has 2 aromatic carbocycles. The minimum Gasteiger partial charge on any atom is -0.494 e. The van der Waals surface area contributed by atoms with Gasteiger partial charge in [-0.1, -0.05) is 32.3 Å². The number of methoxy groups -OCH3 is 1. The summed E-state index contributed by atoms with van der Waals surface area (Å²) in [5.74, 6) is 1.17. The summed E-state index contributed by atoms with van der Waals surface area (Å²) in [7, 11) is 1.62. The molecular formula is C23H30N2O4S. The quantitative estimate of drug-likeness (QED) is 0.372. The summed E-state index contributed by atoms with van der Waals surface area (Å²) < 4.78 is 16.2. The highest BCUT2D eigenvalue weighted by atomic mass is 32.1. The molecule has 2 aromatic rings. The van der Waals surface area contributed by atoms with Crippen LogP contribution < -0.4 is 20.1 Å². The summed E-state index contributed by atoms with van der Waals surface area (Å²) in [5, 5.41) is 5.89. The highest BCUT2D eigenvalue weighted by Gasteiger charge is 2.09. The lowest BCUT2D eigenvalue weighted by Crippen LogP contribution is -2.34. The third-order valence-electron chi connectivity index (χ3n) is 4.26. The smallest absolute Gasteiger partial charge is 0.257 e. The molecule has 30 heavy (non-hydrogen) atoms. The van der Waals surface area contributed by atoms with Crippen LogP contribution >= 0.6 is 12.2 Å². The van der Waals surface area contributed by atoms with Crippen molar-refractivity contribution in [1.29, 1.82) is 0 Å². The lowest BCUT2D eigenvalue weighted by atomic mass is 10.2. The van der Waals surface area contributed by atoms with Crippen molar-refractivity contribution in [3.05, 3.63) is 54.1 Å². The van der Waals surface area contributed by atoms with Crippen LogP contribution in [0.1, 0.15) is 43.0 Å². The van der Waals surface area contributed by atoms with Crippen LogP contribution in [-0.2, 0) is 4.74 Å². The predicted octanol–water partition coefficient (Wildman–Crippen LogP) is 4.80. The van der Waals surface area contributed by atoms with E-state index in [1.165, 1.54) is 19.3 Å². The van der Waals surface area contributed by atoms with Crippen LogP contribution in [0.2, 0.25) is 0 Å². The van der Waals surface area contributed by atoms with Crippen molar-refractivity contribution in [2.24, 2.45) is 0 Å². The molecule has 2 rings (SSSR count). The van der Waals surface area contributed by atoms with Gasteiger partial charge in [0.05, 0.1) is 13.2 Å². The summed E-state index contributed by atoms with van der Waals surface area (Å²) in [5.41, 5.74) is 1.23. The van der Waals surface area contributed by atoms with Gasteiger partial charge < -0.3 is 19.5 Å². The zero-order valence-corrected chi connectivity index (χ0v) is 18.4. The number of hydrogen-bond acceptors (Lipinski definition) is 5. The zero-order valence-electron chi connectivity index (χ0n) is 17.6. The van der Waals surface area contributed by atoms with Gasteiger partial charge in [0, 0.05) is 24.4 Å². The van der Waals surface area contributed by atoms with Gasteiger partial charge in [-0.05, 0) is 55.0 Å². The van der Waals surface area contributed by atoms with E-state index in [9.17, 15) is 4.79 Å². The largest absolute Gasteiger partial charge is 0.494 e. The number of amides is 1. The van der Waals surface area contributed by atoms with Crippen molar-refractivity contribution in [3.8, 4) is 11.5 Å². The number of hydrogen-bond donors (Lipinski definition) is 2. The Hall–Kier alpha value is -2.64. The third kappa shape index (κ3) is 8.80. The molecule has 0 saturated carbocycles. The number of carbonyl (C=O) groups excluding carboxylic acids is 1. The number of unbranched alkanes of at least 4 members (excludes halogenated alkanes) is 3. The van der Waals surface area contributed by atoms with Gasteiger partial charge in [0.25, 0.3) is 5.91 Å². The van der Waals surface area contributed by atoms with E-state index >= 15 is 0 Å². The van der Waals surface area contributed by atoms with E-state index in [4.69, 9.17) is 26.4 Å². The van der Waals surface area contributed by atoms with E-state index in [1.54, 1.807) is 37.4 Å². The van der Waals surface area contributed by atoms with E-state index in [1.807, 2.05) is 18.2 Å². The van der Waals surface area contributed by atoms with Gasteiger partial charge in [-0.15, -0.1) is 0 Å². The second-order valence-electron chi connectivity index (χ2n) is 6.71. The van der Waals surface area contributed by atoms with Crippen LogP contribution in [0.4, 0.5) is 5.69 Å². The normalized spacial score (nSPS) is 10.3. The minimum absolute atomic E-state index is 0.213. The summed E-state index contributed by atoms with van der Waals surface area (Å²) in [4.78, 5) is 12.4. The number of nitrogens with one attached hydrogen (secondary N) is 2. The summed E-state index contributed by atoms with van der Waals surface area (Å²) >= 11 is 5.25. The third-order valence-corrected chi connectivity index (χ3v) is 4.46. The van der Waals surface area contributed by atoms with Gasteiger partial charge in [0.2, 0.25) is 0 Å². The molecule has 0 heterocycles. The fourth-order valence-electron chi connectivity index (χ4n) is 2.67. The Balaban J connectivity index is 1.79. The highest BCUT2D eigenvalue weighted by molar-refractivity contribution is 7.80. The number of anilines is 1. The van der Waals surface area contributed by atoms with E-state index in [-0.39, 0.29) is 11.0 Å². The standard InChI is InChI=1S/C23H30N2O4S/c1-3-4-5-6-14-28-20-12-10-18(11-13-20)22(26)25-23(30)24-19-8-7-9-21(17-19)29-16-15-27-2/h7-13,17H,3-6,14-16H2,1-2H3,(H2,24,25,26,30). The molecule has 6 nitrogen and oxygen atoms in total. The summed E-state index contributed by atoms with van der Waals surface area (Å²) in [6.45, 7) is 3.84. The topological polar surface area (TPSA) is 68.8 Å². The first-order chi connectivity index (χ1) is 14.6. The van der Waals surface area contributed by atoms with E-state index in [0.717, 1.165) is 17.9 Å². The van der Waals surface area contributed by atoms with Crippen molar-refractivity contribution in [2.75, 3.05) is 32.2 Å². The Bertz CT molecular complexity index is 796. The number of ether oxygens (including phenoxy) is 3. The second kappa shape index (κ2) is 13.6. The molecule has 0 bridgehead atoms. The van der Waals surface area contributed by atoms with E-state index in [0.29, 0.717) is 31.1 Å². The van der Waals surface area contributed by atoms with Crippen LogP contribution in [0.15, 0.2) is 48.5 Å². The molecule has 0 aliphatic heterocycles. The van der Waals surface area contributed by atoms with Gasteiger partial charge in [0.15, 0.2) is 5.11 Å². The van der Waals surface area contributed by atoms with E-state index < -0.39 is 0 Å². The van der Waals surface area contributed by atoms with Crippen molar-refractivity contribution in [2.45, 2.75) is 32.6 Å². The predicted molar refractivity (Wildman–Crippen MR) is 124 cm³/mol. The molecule has 0 fully saturated rings. The minimum atomic E-state index is -0.283. The maximum atomic E-state index is 12.4. The Morgan fingerprint density at radius 3 is 2.43 bits per heavy atom. The molecule has 2 N–H and O–H groups in total. The number of thiocarbonyl (C=S) groups is 1. The SMILES string of the molecule is CCCCCCOc1ccc(C(=O)NC(=S)Nc2cccc(OCCOC)c2)cc1. The fourth-order valence-corrected chi connectivity index (χ4v) is 2.88. The van der Waals surface area contributed by atoms with Gasteiger partial charge >= 0.3 is 0 Å². The molecule has 1 amide bonds. The maximum Gasteiger partial charge on any atom is 0.257 e. The number of benzene rings is 2. The van der Waals surface area contributed by atoms with Gasteiger partial charge in [0.1, 0.15) is 18.1 Å². The lowest BCUT2D eigenvalue weighted by molar-refractivity contribution is 0.0977. The Labute approximate surface area is 183 Å². The Morgan fingerprint density at radius 2 is 1.70 bits per heavy atom. The maximum absolute atomic E-state index is 12.4. The van der Waals surface area contributed by atoms with Gasteiger partial charge in [-0.3, -0.25) is 10.1 Å². The molecule has 0 saturated heterocycles.